The number of likely N-dealkylation sites (tertiary alicyclic amines) is 1. The van der Waals surface area contributed by atoms with Crippen LogP contribution in [0.2, 0.25) is 0 Å². The van der Waals surface area contributed by atoms with Gasteiger partial charge in [-0.2, -0.15) is 0 Å². The Balaban J connectivity index is 1.99. The first-order valence-electron chi connectivity index (χ1n) is 12.0. The van der Waals surface area contributed by atoms with Gasteiger partial charge in [0.15, 0.2) is 0 Å². The Kier molecular flexibility index (Phi) is 8.05. The number of hydrogen-bond acceptors (Lipinski definition) is 3. The Bertz CT molecular complexity index is 885. The third-order valence-corrected chi connectivity index (χ3v) is 6.46. The van der Waals surface area contributed by atoms with Crippen molar-refractivity contribution in [1.82, 2.24) is 14.5 Å². The maximum atomic E-state index is 13.2. The van der Waals surface area contributed by atoms with Crippen molar-refractivity contribution in [2.24, 2.45) is 5.92 Å². The van der Waals surface area contributed by atoms with Crippen molar-refractivity contribution >= 4 is 11.8 Å². The van der Waals surface area contributed by atoms with E-state index in [4.69, 9.17) is 4.98 Å². The first kappa shape index (κ1) is 23.2. The molecule has 2 atom stereocenters. The molecule has 1 aromatic heterocycles. The smallest absolute Gasteiger partial charge is 0.232 e. The molecule has 0 N–H and O–H groups in total. The maximum Gasteiger partial charge on any atom is 0.232 e. The van der Waals surface area contributed by atoms with Crippen molar-refractivity contribution in [3.63, 3.8) is 0 Å². The van der Waals surface area contributed by atoms with Crippen molar-refractivity contribution in [1.29, 1.82) is 0 Å². The zero-order valence-electron chi connectivity index (χ0n) is 19.6. The molecule has 5 heteroatoms. The fraction of sp³-hybridized carbons (Fsp3) is 0.577. The number of benzene rings is 1. The summed E-state index contributed by atoms with van der Waals surface area (Å²) in [7, 11) is 0. The van der Waals surface area contributed by atoms with E-state index in [1.54, 1.807) is 4.57 Å². The van der Waals surface area contributed by atoms with Gasteiger partial charge < -0.3 is 4.90 Å². The van der Waals surface area contributed by atoms with Gasteiger partial charge in [0.1, 0.15) is 5.82 Å². The van der Waals surface area contributed by atoms with Gasteiger partial charge in [-0.25, -0.2) is 4.98 Å². The van der Waals surface area contributed by atoms with Crippen LogP contribution in [0, 0.1) is 12.8 Å². The number of carbonyl (C=O) groups excluding carboxylic acids is 2. The molecule has 0 radical (unpaired) electrons. The fourth-order valence-corrected chi connectivity index (χ4v) is 4.26. The van der Waals surface area contributed by atoms with E-state index in [0.717, 1.165) is 68.6 Å². The van der Waals surface area contributed by atoms with Crippen molar-refractivity contribution in [3.8, 4) is 11.3 Å². The summed E-state index contributed by atoms with van der Waals surface area (Å²) >= 11 is 0. The lowest BCUT2D eigenvalue weighted by Crippen LogP contribution is -2.42. The molecule has 3 rings (SSSR count). The first-order valence-corrected chi connectivity index (χ1v) is 12.0. The Morgan fingerprint density at radius 2 is 1.87 bits per heavy atom. The van der Waals surface area contributed by atoms with Gasteiger partial charge in [-0.15, -0.1) is 0 Å². The van der Waals surface area contributed by atoms with Crippen LogP contribution in [0.4, 0.5) is 0 Å². The van der Waals surface area contributed by atoms with Crippen LogP contribution in [0.3, 0.4) is 0 Å². The van der Waals surface area contributed by atoms with Crippen LogP contribution in [0.5, 0.6) is 0 Å². The molecule has 1 amide bonds. The van der Waals surface area contributed by atoms with Crippen LogP contribution >= 0.6 is 0 Å². The zero-order valence-corrected chi connectivity index (χ0v) is 19.6. The minimum absolute atomic E-state index is 0.0131. The maximum absolute atomic E-state index is 13.2. The Hall–Kier alpha value is -2.43. The third kappa shape index (κ3) is 5.44. The zero-order chi connectivity index (χ0) is 22.4. The molecule has 0 spiro atoms. The molecule has 0 bridgehead atoms. The normalized spacial score (nSPS) is 17.5. The second-order valence-corrected chi connectivity index (χ2v) is 8.92. The molecular weight excluding hydrogens is 386 g/mol. The number of aromatic nitrogens is 2. The van der Waals surface area contributed by atoms with E-state index in [1.807, 2.05) is 18.0 Å². The summed E-state index contributed by atoms with van der Waals surface area (Å²) in [6.07, 6.45) is 9.13. The van der Waals surface area contributed by atoms with Crippen molar-refractivity contribution < 1.29 is 9.59 Å². The number of nitrogens with zero attached hydrogens (tertiary/aromatic N) is 3. The predicted molar refractivity (Wildman–Crippen MR) is 125 cm³/mol. The summed E-state index contributed by atoms with van der Waals surface area (Å²) in [5.41, 5.74) is 3.00. The summed E-state index contributed by atoms with van der Waals surface area (Å²) < 4.78 is 1.75. The number of imidazole rings is 1. The Labute approximate surface area is 186 Å². The number of amides is 1. The van der Waals surface area contributed by atoms with E-state index in [1.165, 1.54) is 5.56 Å². The number of aryl methyl sites for hydroxylation is 1. The Morgan fingerprint density at radius 1 is 1.13 bits per heavy atom. The van der Waals surface area contributed by atoms with Crippen LogP contribution in [0.25, 0.3) is 11.3 Å². The molecule has 2 unspecified atom stereocenters. The monoisotopic (exact) mass is 423 g/mol. The van der Waals surface area contributed by atoms with Gasteiger partial charge in [0, 0.05) is 30.6 Å². The number of piperidine rings is 1. The van der Waals surface area contributed by atoms with Gasteiger partial charge in [0.25, 0.3) is 0 Å². The van der Waals surface area contributed by atoms with Crippen LogP contribution in [-0.4, -0.2) is 32.8 Å². The van der Waals surface area contributed by atoms with E-state index in [0.29, 0.717) is 6.42 Å². The van der Waals surface area contributed by atoms with Gasteiger partial charge in [-0.3, -0.25) is 14.2 Å². The van der Waals surface area contributed by atoms with E-state index < -0.39 is 0 Å². The standard InChI is InChI=1S/C26H37N3O2/c1-5-7-8-12-24(30)29-18-22(21-15-13-19(3)14-16-21)27-25(29)23-11-9-10-17-28(23)26(31)20(4)6-2/h13-16,18,20,23H,5-12,17H2,1-4H3. The molecule has 1 aromatic carbocycles. The van der Waals surface area contributed by atoms with E-state index in [9.17, 15) is 9.59 Å². The third-order valence-electron chi connectivity index (χ3n) is 6.46. The minimum Gasteiger partial charge on any atom is -0.332 e. The summed E-state index contributed by atoms with van der Waals surface area (Å²) in [6.45, 7) is 8.99. The van der Waals surface area contributed by atoms with Crippen LogP contribution in [-0.2, 0) is 4.79 Å². The molecule has 2 heterocycles. The van der Waals surface area contributed by atoms with Crippen LogP contribution < -0.4 is 0 Å². The average Bonchev–Trinajstić information content (AvgIpc) is 3.24. The number of unbranched alkanes of at least 4 members (excludes halogenated alkanes) is 2. The highest BCUT2D eigenvalue weighted by molar-refractivity contribution is 5.82. The summed E-state index contributed by atoms with van der Waals surface area (Å²) in [6, 6.07) is 8.10. The molecule has 1 aliphatic heterocycles. The lowest BCUT2D eigenvalue weighted by Gasteiger charge is -2.36. The van der Waals surface area contributed by atoms with Crippen molar-refractivity contribution in [2.45, 2.75) is 85.1 Å². The van der Waals surface area contributed by atoms with Gasteiger partial charge >= 0.3 is 0 Å². The quantitative estimate of drug-likeness (QED) is 0.477. The summed E-state index contributed by atoms with van der Waals surface area (Å²) in [5.74, 6) is 0.974. The second kappa shape index (κ2) is 10.7. The lowest BCUT2D eigenvalue weighted by molar-refractivity contribution is -0.139. The first-order chi connectivity index (χ1) is 15.0. The summed E-state index contributed by atoms with van der Waals surface area (Å²) in [4.78, 5) is 33.2. The molecule has 0 aliphatic carbocycles. The van der Waals surface area contributed by atoms with E-state index in [-0.39, 0.29) is 23.8 Å². The molecular formula is C26H37N3O2. The minimum atomic E-state index is -0.135. The van der Waals surface area contributed by atoms with Crippen LogP contribution in [0.15, 0.2) is 30.5 Å². The number of rotatable bonds is 8. The number of carbonyl (C=O) groups is 2. The molecule has 0 saturated carbocycles. The molecule has 1 aliphatic rings. The number of hydrogen-bond donors (Lipinski definition) is 0. The molecule has 168 valence electrons. The van der Waals surface area contributed by atoms with E-state index in [2.05, 4.69) is 45.0 Å². The SMILES string of the molecule is CCCCCC(=O)n1cc(-c2ccc(C)cc2)nc1C1CCCCN1C(=O)C(C)CC. The van der Waals surface area contributed by atoms with Gasteiger partial charge in [0.05, 0.1) is 11.7 Å². The highest BCUT2D eigenvalue weighted by Crippen LogP contribution is 2.34. The topological polar surface area (TPSA) is 55.2 Å². The Morgan fingerprint density at radius 3 is 2.55 bits per heavy atom. The van der Waals surface area contributed by atoms with E-state index >= 15 is 0 Å². The van der Waals surface area contributed by atoms with Crippen molar-refractivity contribution in [3.05, 3.63) is 41.9 Å². The molecule has 31 heavy (non-hydrogen) atoms. The fourth-order valence-electron chi connectivity index (χ4n) is 4.26. The molecule has 5 nitrogen and oxygen atoms in total. The predicted octanol–water partition coefficient (Wildman–Crippen LogP) is 6.18. The largest absolute Gasteiger partial charge is 0.332 e. The second-order valence-electron chi connectivity index (χ2n) is 8.92. The van der Waals surface area contributed by atoms with Crippen LogP contribution in [0.1, 0.15) is 94.4 Å². The van der Waals surface area contributed by atoms with Crippen molar-refractivity contribution in [2.75, 3.05) is 6.54 Å². The molecule has 1 saturated heterocycles. The summed E-state index contributed by atoms with van der Waals surface area (Å²) in [5, 5.41) is 0. The van der Waals surface area contributed by atoms with Gasteiger partial charge in [-0.05, 0) is 39.0 Å². The van der Waals surface area contributed by atoms with Gasteiger partial charge in [-0.1, -0.05) is 63.4 Å². The molecule has 1 fully saturated rings. The lowest BCUT2D eigenvalue weighted by atomic mass is 9.98. The average molecular weight is 424 g/mol. The highest BCUT2D eigenvalue weighted by Gasteiger charge is 2.34. The highest BCUT2D eigenvalue weighted by atomic mass is 16.2. The molecule has 2 aromatic rings. The van der Waals surface area contributed by atoms with Gasteiger partial charge in [0.2, 0.25) is 11.8 Å².